The largest absolute Gasteiger partial charge is 0.352 e. The Balaban J connectivity index is 1.98. The number of hydrogen-bond donors (Lipinski definition) is 2. The summed E-state index contributed by atoms with van der Waals surface area (Å²) < 4.78 is 36.8. The number of rotatable bonds is 6. The zero-order valence-corrected chi connectivity index (χ0v) is 12.4. The predicted molar refractivity (Wildman–Crippen MR) is 78.4 cm³/mol. The van der Waals surface area contributed by atoms with E-state index in [1.54, 1.807) is 12.3 Å². The van der Waals surface area contributed by atoms with Crippen LogP contribution in [-0.2, 0) is 10.0 Å². The van der Waals surface area contributed by atoms with Crippen LogP contribution in [0.1, 0.15) is 16.8 Å². The Morgan fingerprint density at radius 2 is 2.18 bits per heavy atom. The van der Waals surface area contributed by atoms with Crippen LogP contribution in [-0.4, -0.2) is 36.4 Å². The van der Waals surface area contributed by atoms with E-state index in [1.807, 2.05) is 0 Å². The fraction of sp³-hybridized carbons (Fsp3) is 0.231. The molecule has 0 radical (unpaired) electrons. The van der Waals surface area contributed by atoms with E-state index in [-0.39, 0.29) is 30.0 Å². The topological polar surface area (TPSA) is 107 Å². The number of amides is 1. The van der Waals surface area contributed by atoms with Gasteiger partial charge in [-0.05, 0) is 30.7 Å². The second kappa shape index (κ2) is 6.67. The van der Waals surface area contributed by atoms with Crippen LogP contribution < -0.4 is 10.5 Å². The highest BCUT2D eigenvalue weighted by molar-refractivity contribution is 7.89. The standard InChI is InChI=1S/C13H15FN4O3S/c14-11-9-10(3-4-12(11)18-7-1-6-17-18)13(19)16-5-2-8-22(15,20)21/h1,3-4,6-7,9H,2,5,8H2,(H,16,19)(H2,15,20,21). The van der Waals surface area contributed by atoms with Crippen molar-refractivity contribution < 1.29 is 17.6 Å². The molecule has 1 amide bonds. The second-order valence-electron chi connectivity index (χ2n) is 4.59. The molecule has 0 aliphatic carbocycles. The molecule has 0 unspecified atom stereocenters. The normalized spacial score (nSPS) is 11.4. The molecule has 0 aliphatic heterocycles. The van der Waals surface area contributed by atoms with Gasteiger partial charge in [-0.15, -0.1) is 0 Å². The van der Waals surface area contributed by atoms with Crippen LogP contribution >= 0.6 is 0 Å². The first kappa shape index (κ1) is 16.1. The number of nitrogens with two attached hydrogens (primary N) is 1. The van der Waals surface area contributed by atoms with Gasteiger partial charge in [-0.2, -0.15) is 5.10 Å². The molecule has 0 aliphatic rings. The number of hydrogen-bond acceptors (Lipinski definition) is 4. The molecular weight excluding hydrogens is 311 g/mol. The monoisotopic (exact) mass is 326 g/mol. The molecule has 0 atom stereocenters. The number of carbonyl (C=O) groups excluding carboxylic acids is 1. The van der Waals surface area contributed by atoms with E-state index in [0.717, 1.165) is 6.07 Å². The van der Waals surface area contributed by atoms with Gasteiger partial charge in [0, 0.05) is 24.5 Å². The highest BCUT2D eigenvalue weighted by Gasteiger charge is 2.11. The van der Waals surface area contributed by atoms with Gasteiger partial charge in [-0.3, -0.25) is 4.79 Å². The van der Waals surface area contributed by atoms with E-state index in [9.17, 15) is 17.6 Å². The SMILES string of the molecule is NS(=O)(=O)CCCNC(=O)c1ccc(-n2cccn2)c(F)c1. The van der Waals surface area contributed by atoms with Crippen molar-refractivity contribution in [2.45, 2.75) is 6.42 Å². The van der Waals surface area contributed by atoms with Crippen LogP contribution in [0.5, 0.6) is 0 Å². The van der Waals surface area contributed by atoms with Crippen molar-refractivity contribution >= 4 is 15.9 Å². The average Bonchev–Trinajstić information content (AvgIpc) is 2.96. The van der Waals surface area contributed by atoms with E-state index in [4.69, 9.17) is 5.14 Å². The Kier molecular flexibility index (Phi) is 4.88. The van der Waals surface area contributed by atoms with Gasteiger partial charge in [-0.1, -0.05) is 0 Å². The zero-order chi connectivity index (χ0) is 16.2. The maximum Gasteiger partial charge on any atom is 0.251 e. The fourth-order valence-corrected chi connectivity index (χ4v) is 2.37. The summed E-state index contributed by atoms with van der Waals surface area (Å²) >= 11 is 0. The van der Waals surface area contributed by atoms with Crippen LogP contribution in [0.2, 0.25) is 0 Å². The summed E-state index contributed by atoms with van der Waals surface area (Å²) in [6, 6.07) is 5.67. The number of benzene rings is 1. The molecule has 1 heterocycles. The minimum atomic E-state index is -3.55. The number of aromatic nitrogens is 2. The van der Waals surface area contributed by atoms with Gasteiger partial charge in [0.15, 0.2) is 0 Å². The third-order valence-corrected chi connectivity index (χ3v) is 3.71. The van der Waals surface area contributed by atoms with E-state index >= 15 is 0 Å². The lowest BCUT2D eigenvalue weighted by molar-refractivity contribution is 0.0953. The van der Waals surface area contributed by atoms with Gasteiger partial charge in [0.1, 0.15) is 11.5 Å². The average molecular weight is 326 g/mol. The molecular formula is C13H15FN4O3S. The van der Waals surface area contributed by atoms with Crippen LogP contribution in [0.15, 0.2) is 36.7 Å². The number of nitrogens with one attached hydrogen (secondary N) is 1. The first-order chi connectivity index (χ1) is 10.4. The van der Waals surface area contributed by atoms with Crippen molar-refractivity contribution in [1.29, 1.82) is 0 Å². The van der Waals surface area contributed by atoms with E-state index in [1.165, 1.54) is 23.0 Å². The van der Waals surface area contributed by atoms with Gasteiger partial charge in [0.05, 0.1) is 5.75 Å². The Labute approximate surface area is 127 Å². The molecule has 0 fully saturated rings. The summed E-state index contributed by atoms with van der Waals surface area (Å²) in [5.74, 6) is -1.29. The summed E-state index contributed by atoms with van der Waals surface area (Å²) in [5.41, 5.74) is 0.375. The van der Waals surface area contributed by atoms with Crippen molar-refractivity contribution in [3.63, 3.8) is 0 Å². The lowest BCUT2D eigenvalue weighted by Crippen LogP contribution is -2.27. The molecule has 2 aromatic rings. The van der Waals surface area contributed by atoms with E-state index < -0.39 is 21.7 Å². The number of halogens is 1. The lowest BCUT2D eigenvalue weighted by Gasteiger charge is -2.07. The predicted octanol–water partition coefficient (Wildman–Crippen LogP) is 0.420. The van der Waals surface area contributed by atoms with Gasteiger partial charge in [0.25, 0.3) is 5.91 Å². The Hall–Kier alpha value is -2.26. The zero-order valence-electron chi connectivity index (χ0n) is 11.6. The van der Waals surface area contributed by atoms with Crippen LogP contribution in [0.25, 0.3) is 5.69 Å². The summed E-state index contributed by atoms with van der Waals surface area (Å²) in [5, 5.41) is 11.3. The molecule has 1 aromatic heterocycles. The number of primary sulfonamides is 1. The highest BCUT2D eigenvalue weighted by Crippen LogP contribution is 2.14. The summed E-state index contributed by atoms with van der Waals surface area (Å²) in [6.07, 6.45) is 3.30. The maximum atomic E-state index is 14.0. The van der Waals surface area contributed by atoms with Crippen LogP contribution in [0.3, 0.4) is 0 Å². The van der Waals surface area contributed by atoms with Crippen molar-refractivity contribution in [3.8, 4) is 5.69 Å². The highest BCUT2D eigenvalue weighted by atomic mass is 32.2. The molecule has 9 heteroatoms. The molecule has 0 saturated carbocycles. The summed E-state index contributed by atoms with van der Waals surface area (Å²) in [7, 11) is -3.55. The van der Waals surface area contributed by atoms with Crippen LogP contribution in [0, 0.1) is 5.82 Å². The maximum absolute atomic E-state index is 14.0. The molecule has 0 saturated heterocycles. The van der Waals surface area contributed by atoms with Crippen molar-refractivity contribution in [1.82, 2.24) is 15.1 Å². The number of sulfonamides is 1. The Morgan fingerprint density at radius 1 is 1.41 bits per heavy atom. The fourth-order valence-electron chi connectivity index (χ4n) is 1.82. The lowest BCUT2D eigenvalue weighted by atomic mass is 10.2. The Bertz CT molecular complexity index is 760. The molecule has 118 valence electrons. The first-order valence-corrected chi connectivity index (χ1v) is 8.16. The quantitative estimate of drug-likeness (QED) is 0.750. The first-order valence-electron chi connectivity index (χ1n) is 6.45. The Morgan fingerprint density at radius 3 is 2.77 bits per heavy atom. The minimum absolute atomic E-state index is 0.137. The second-order valence-corrected chi connectivity index (χ2v) is 6.33. The molecule has 2 rings (SSSR count). The smallest absolute Gasteiger partial charge is 0.251 e. The number of nitrogens with zero attached hydrogens (tertiary/aromatic N) is 2. The molecule has 7 nitrogen and oxygen atoms in total. The van der Waals surface area contributed by atoms with Crippen molar-refractivity contribution in [3.05, 3.63) is 48.0 Å². The molecule has 1 aromatic carbocycles. The summed E-state index contributed by atoms with van der Waals surface area (Å²) in [6.45, 7) is 0.137. The van der Waals surface area contributed by atoms with E-state index in [2.05, 4.69) is 10.4 Å². The molecule has 0 bridgehead atoms. The molecule has 3 N–H and O–H groups in total. The van der Waals surface area contributed by atoms with Crippen molar-refractivity contribution in [2.75, 3.05) is 12.3 Å². The van der Waals surface area contributed by atoms with Gasteiger partial charge < -0.3 is 5.32 Å². The molecule has 22 heavy (non-hydrogen) atoms. The van der Waals surface area contributed by atoms with Gasteiger partial charge >= 0.3 is 0 Å². The van der Waals surface area contributed by atoms with E-state index in [0.29, 0.717) is 0 Å². The third-order valence-electron chi connectivity index (χ3n) is 2.85. The van der Waals surface area contributed by atoms with Gasteiger partial charge in [-0.25, -0.2) is 22.6 Å². The molecule has 0 spiro atoms. The number of carbonyl (C=O) groups is 1. The minimum Gasteiger partial charge on any atom is -0.352 e. The summed E-state index contributed by atoms with van der Waals surface area (Å²) in [4.78, 5) is 11.8. The van der Waals surface area contributed by atoms with Crippen LogP contribution in [0.4, 0.5) is 4.39 Å². The van der Waals surface area contributed by atoms with Gasteiger partial charge in [0.2, 0.25) is 10.0 Å². The third kappa shape index (κ3) is 4.37. The van der Waals surface area contributed by atoms with Crippen molar-refractivity contribution in [2.24, 2.45) is 5.14 Å².